The molecule has 0 aliphatic rings. The van der Waals surface area contributed by atoms with E-state index >= 15 is 0 Å². The van der Waals surface area contributed by atoms with Gasteiger partial charge < -0.3 is 24.7 Å². The fourth-order valence-electron chi connectivity index (χ4n) is 1.22. The van der Waals surface area contributed by atoms with E-state index in [0.717, 1.165) is 6.92 Å². The van der Waals surface area contributed by atoms with Crippen molar-refractivity contribution in [3.8, 4) is 0 Å². The van der Waals surface area contributed by atoms with Gasteiger partial charge in [0.15, 0.2) is 5.60 Å². The molecule has 0 aromatic heterocycles. The maximum Gasteiger partial charge on any atom is 0.470 e. The smallest absolute Gasteiger partial charge is 0.470 e. The van der Waals surface area contributed by atoms with Crippen LogP contribution in [0.15, 0.2) is 0 Å². The van der Waals surface area contributed by atoms with Gasteiger partial charge in [0.2, 0.25) is 0 Å². The van der Waals surface area contributed by atoms with E-state index < -0.39 is 50.1 Å². The third-order valence-electron chi connectivity index (χ3n) is 1.81. The van der Waals surface area contributed by atoms with Crippen LogP contribution in [0.3, 0.4) is 0 Å². The SMILES string of the molecule is CC(=O)OC(=O)CC(CC(=O)O)(OP(=O)(O)O)C(=O)O. The van der Waals surface area contributed by atoms with E-state index in [1.165, 1.54) is 0 Å². The third-order valence-corrected chi connectivity index (χ3v) is 2.39. The Morgan fingerprint density at radius 2 is 1.60 bits per heavy atom. The minimum atomic E-state index is -5.42. The zero-order valence-corrected chi connectivity index (χ0v) is 10.9. The topological polar surface area (TPSA) is 185 Å². The molecule has 0 radical (unpaired) electrons. The number of phosphoric acid groups is 1. The second kappa shape index (κ2) is 6.57. The lowest BCUT2D eigenvalue weighted by Gasteiger charge is -2.26. The van der Waals surface area contributed by atoms with E-state index in [0.29, 0.717) is 0 Å². The van der Waals surface area contributed by atoms with Gasteiger partial charge in [-0.1, -0.05) is 0 Å². The van der Waals surface area contributed by atoms with E-state index in [1.807, 2.05) is 0 Å². The van der Waals surface area contributed by atoms with Crippen molar-refractivity contribution in [2.75, 3.05) is 0 Å². The maximum atomic E-state index is 11.2. The van der Waals surface area contributed by atoms with Crippen LogP contribution in [-0.4, -0.2) is 49.5 Å². The fourth-order valence-corrected chi connectivity index (χ4v) is 1.88. The van der Waals surface area contributed by atoms with E-state index in [2.05, 4.69) is 9.26 Å². The van der Waals surface area contributed by atoms with Crippen LogP contribution in [0.5, 0.6) is 0 Å². The van der Waals surface area contributed by atoms with Crippen molar-refractivity contribution in [2.24, 2.45) is 0 Å². The highest BCUT2D eigenvalue weighted by Gasteiger charge is 2.49. The van der Waals surface area contributed by atoms with Crippen LogP contribution < -0.4 is 0 Å². The number of ether oxygens (including phenoxy) is 1. The van der Waals surface area contributed by atoms with Crippen molar-refractivity contribution in [1.82, 2.24) is 0 Å². The Kier molecular flexibility index (Phi) is 5.97. The first-order valence-corrected chi connectivity index (χ1v) is 6.34. The molecule has 0 aliphatic carbocycles. The van der Waals surface area contributed by atoms with Gasteiger partial charge in [-0.25, -0.2) is 9.36 Å². The minimum absolute atomic E-state index is 0.821. The summed E-state index contributed by atoms with van der Waals surface area (Å²) in [5, 5.41) is 17.5. The van der Waals surface area contributed by atoms with Crippen LogP contribution >= 0.6 is 7.82 Å². The van der Waals surface area contributed by atoms with Gasteiger partial charge >= 0.3 is 31.7 Å². The Bertz CT molecular complexity index is 477. The molecule has 12 heteroatoms. The van der Waals surface area contributed by atoms with Crippen LogP contribution in [0.4, 0.5) is 0 Å². The lowest BCUT2D eigenvalue weighted by Crippen LogP contribution is -2.45. The molecule has 1 unspecified atom stereocenters. The van der Waals surface area contributed by atoms with Gasteiger partial charge in [0.05, 0.1) is 12.8 Å². The molecule has 0 amide bonds. The molecule has 4 N–H and O–H groups in total. The number of carbonyl (C=O) groups excluding carboxylic acids is 2. The maximum absolute atomic E-state index is 11.2. The zero-order chi connectivity index (χ0) is 16.1. The van der Waals surface area contributed by atoms with Gasteiger partial charge in [-0.3, -0.25) is 18.9 Å². The van der Waals surface area contributed by atoms with Crippen molar-refractivity contribution in [2.45, 2.75) is 25.4 Å². The van der Waals surface area contributed by atoms with Crippen LogP contribution in [-0.2, 0) is 33.0 Å². The highest BCUT2D eigenvalue weighted by Crippen LogP contribution is 2.44. The summed E-state index contributed by atoms with van der Waals surface area (Å²) in [4.78, 5) is 60.6. The molecule has 0 saturated heterocycles. The van der Waals surface area contributed by atoms with Crippen molar-refractivity contribution in [1.29, 1.82) is 0 Å². The molecule has 0 heterocycles. The van der Waals surface area contributed by atoms with Gasteiger partial charge in [-0.15, -0.1) is 0 Å². The molecule has 20 heavy (non-hydrogen) atoms. The molecular weight excluding hydrogens is 303 g/mol. The first-order valence-electron chi connectivity index (χ1n) is 4.81. The second-order valence-electron chi connectivity index (χ2n) is 3.59. The van der Waals surface area contributed by atoms with Gasteiger partial charge in [-0.05, 0) is 0 Å². The van der Waals surface area contributed by atoms with E-state index in [9.17, 15) is 23.7 Å². The van der Waals surface area contributed by atoms with Crippen molar-refractivity contribution in [3.63, 3.8) is 0 Å². The number of esters is 2. The first kappa shape index (κ1) is 18.2. The van der Waals surface area contributed by atoms with Gasteiger partial charge in [0, 0.05) is 6.92 Å². The molecule has 0 aromatic carbocycles. The Labute approximate surface area is 111 Å². The summed E-state index contributed by atoms with van der Waals surface area (Å²) >= 11 is 0. The standard InChI is InChI=1S/C8H11O11P/c1-4(9)18-6(12)3-8(7(13)14,2-5(10)11)19-20(15,16)17/h2-3H2,1H3,(H,10,11)(H,13,14)(H2,15,16,17). The van der Waals surface area contributed by atoms with E-state index in [4.69, 9.17) is 20.0 Å². The summed E-state index contributed by atoms with van der Waals surface area (Å²) in [6.07, 6.45) is -2.81. The summed E-state index contributed by atoms with van der Waals surface area (Å²) in [7, 11) is -5.42. The largest absolute Gasteiger partial charge is 0.481 e. The average Bonchev–Trinajstić information content (AvgIpc) is 2.10. The summed E-state index contributed by atoms with van der Waals surface area (Å²) in [6, 6.07) is 0. The Balaban J connectivity index is 5.45. The highest BCUT2D eigenvalue weighted by atomic mass is 31.2. The van der Waals surface area contributed by atoms with Crippen LogP contribution in [0.2, 0.25) is 0 Å². The fraction of sp³-hybridized carbons (Fsp3) is 0.500. The number of carboxylic acids is 2. The van der Waals surface area contributed by atoms with E-state index in [1.54, 1.807) is 0 Å². The predicted octanol–water partition coefficient (Wildman–Crippen LogP) is -1.13. The number of carbonyl (C=O) groups is 4. The monoisotopic (exact) mass is 314 g/mol. The number of carboxylic acid groups (broad SMARTS) is 2. The molecule has 0 rings (SSSR count). The lowest BCUT2D eigenvalue weighted by atomic mass is 9.96. The predicted molar refractivity (Wildman–Crippen MR) is 57.1 cm³/mol. The lowest BCUT2D eigenvalue weighted by molar-refractivity contribution is -0.172. The number of phosphoric ester groups is 1. The molecule has 0 fully saturated rings. The van der Waals surface area contributed by atoms with Gasteiger partial charge in [0.25, 0.3) is 0 Å². The quantitative estimate of drug-likeness (QED) is 0.253. The molecular formula is C8H11O11P. The molecule has 114 valence electrons. The van der Waals surface area contributed by atoms with Crippen LogP contribution in [0.25, 0.3) is 0 Å². The summed E-state index contributed by atoms with van der Waals surface area (Å²) < 4.78 is 18.6. The molecule has 0 spiro atoms. The van der Waals surface area contributed by atoms with Crippen molar-refractivity contribution < 1.29 is 53.0 Å². The second-order valence-corrected chi connectivity index (χ2v) is 4.76. The number of rotatable bonds is 7. The average molecular weight is 314 g/mol. The molecule has 1 atom stereocenters. The number of hydrogen-bond donors (Lipinski definition) is 4. The molecule has 0 saturated carbocycles. The minimum Gasteiger partial charge on any atom is -0.481 e. The molecule has 0 bridgehead atoms. The highest BCUT2D eigenvalue weighted by molar-refractivity contribution is 7.46. The Morgan fingerprint density at radius 1 is 1.10 bits per heavy atom. The molecule has 0 aliphatic heterocycles. The third kappa shape index (κ3) is 6.38. The van der Waals surface area contributed by atoms with Gasteiger partial charge in [0.1, 0.15) is 0 Å². The summed E-state index contributed by atoms with van der Waals surface area (Å²) in [5.41, 5.74) is -3.06. The van der Waals surface area contributed by atoms with Crippen LogP contribution in [0.1, 0.15) is 19.8 Å². The summed E-state index contributed by atoms with van der Waals surface area (Å²) in [5.74, 6) is -6.52. The first-order chi connectivity index (χ1) is 8.88. The Morgan fingerprint density at radius 3 is 1.90 bits per heavy atom. The molecule has 11 nitrogen and oxygen atoms in total. The van der Waals surface area contributed by atoms with E-state index in [-0.39, 0.29) is 0 Å². The number of hydrogen-bond acceptors (Lipinski definition) is 7. The zero-order valence-electron chi connectivity index (χ0n) is 10.0. The van der Waals surface area contributed by atoms with Gasteiger partial charge in [-0.2, -0.15) is 0 Å². The van der Waals surface area contributed by atoms with Crippen molar-refractivity contribution in [3.05, 3.63) is 0 Å². The normalized spacial score (nSPS) is 14.2. The van der Waals surface area contributed by atoms with Crippen LogP contribution in [0, 0.1) is 0 Å². The Hall–Kier alpha value is -1.81. The van der Waals surface area contributed by atoms with Crippen molar-refractivity contribution >= 4 is 31.7 Å². The summed E-state index contributed by atoms with van der Waals surface area (Å²) in [6.45, 7) is 0.821. The number of aliphatic carboxylic acids is 2. The molecule has 0 aromatic rings.